The van der Waals surface area contributed by atoms with Gasteiger partial charge in [-0.3, -0.25) is 4.90 Å². The van der Waals surface area contributed by atoms with Crippen LogP contribution in [0, 0.1) is 0 Å². The zero-order chi connectivity index (χ0) is 16.6. The van der Waals surface area contributed by atoms with Crippen molar-refractivity contribution in [3.63, 3.8) is 0 Å². The van der Waals surface area contributed by atoms with E-state index in [1.165, 1.54) is 11.1 Å². The van der Waals surface area contributed by atoms with Crippen molar-refractivity contribution in [2.75, 3.05) is 31.2 Å². The van der Waals surface area contributed by atoms with Gasteiger partial charge in [0.15, 0.2) is 0 Å². The fraction of sp³-hybridized carbons (Fsp3) is 0.350. The van der Waals surface area contributed by atoms with Crippen LogP contribution < -0.4 is 10.2 Å². The maximum atomic E-state index is 12.3. The average Bonchev–Trinajstić information content (AvgIpc) is 3.06. The molecule has 4 nitrogen and oxygen atoms in total. The third-order valence-corrected chi connectivity index (χ3v) is 4.25. The lowest BCUT2D eigenvalue weighted by molar-refractivity contribution is 0.135. The molecule has 0 aliphatic carbocycles. The van der Waals surface area contributed by atoms with Gasteiger partial charge in [0.25, 0.3) is 0 Å². The minimum Gasteiger partial charge on any atom is -0.381 e. The quantitative estimate of drug-likeness (QED) is 0.793. The van der Waals surface area contributed by atoms with E-state index in [1.54, 1.807) is 0 Å². The van der Waals surface area contributed by atoms with E-state index in [2.05, 4.69) is 23.5 Å². The van der Waals surface area contributed by atoms with Crippen LogP contribution in [0.25, 0.3) is 0 Å². The van der Waals surface area contributed by atoms with E-state index in [0.717, 1.165) is 38.1 Å². The predicted octanol–water partition coefficient (Wildman–Crippen LogP) is 3.41. The van der Waals surface area contributed by atoms with Crippen LogP contribution in [0.2, 0.25) is 0 Å². The summed E-state index contributed by atoms with van der Waals surface area (Å²) in [4.78, 5) is 14.1. The van der Waals surface area contributed by atoms with Crippen molar-refractivity contribution in [2.45, 2.75) is 19.3 Å². The molecule has 0 fully saturated rings. The topological polar surface area (TPSA) is 41.6 Å². The summed E-state index contributed by atoms with van der Waals surface area (Å²) in [5, 5.41) is 2.98. The van der Waals surface area contributed by atoms with Crippen LogP contribution in [-0.4, -0.2) is 32.3 Å². The van der Waals surface area contributed by atoms with Crippen LogP contribution in [0.4, 0.5) is 10.5 Å². The molecule has 24 heavy (non-hydrogen) atoms. The standard InChI is InChI=1S/C20H24N2O2/c23-20(22-14-11-18-9-4-5-10-19(18)22)21-13-6-15-24-16-12-17-7-2-1-3-8-17/h1-5,7-10H,6,11-16H2,(H,21,23). The fourth-order valence-electron chi connectivity index (χ4n) is 2.95. The first kappa shape index (κ1) is 16.5. The van der Waals surface area contributed by atoms with Gasteiger partial charge in [-0.2, -0.15) is 0 Å². The molecule has 0 atom stereocenters. The van der Waals surface area contributed by atoms with Crippen molar-refractivity contribution in [1.82, 2.24) is 5.32 Å². The Bertz CT molecular complexity index is 658. The van der Waals surface area contributed by atoms with Crippen LogP contribution in [0.1, 0.15) is 17.5 Å². The largest absolute Gasteiger partial charge is 0.381 e. The average molecular weight is 324 g/mol. The Hall–Kier alpha value is -2.33. The molecule has 1 aliphatic heterocycles. The van der Waals surface area contributed by atoms with Crippen LogP contribution in [0.3, 0.4) is 0 Å². The van der Waals surface area contributed by atoms with Gasteiger partial charge in [0.1, 0.15) is 0 Å². The smallest absolute Gasteiger partial charge is 0.321 e. The van der Waals surface area contributed by atoms with Crippen LogP contribution in [0.15, 0.2) is 54.6 Å². The zero-order valence-corrected chi connectivity index (χ0v) is 13.9. The number of nitrogens with one attached hydrogen (secondary N) is 1. The Morgan fingerprint density at radius 3 is 2.71 bits per heavy atom. The fourth-order valence-corrected chi connectivity index (χ4v) is 2.95. The van der Waals surface area contributed by atoms with E-state index < -0.39 is 0 Å². The number of benzene rings is 2. The van der Waals surface area contributed by atoms with Crippen LogP contribution in [-0.2, 0) is 17.6 Å². The number of ether oxygens (including phenoxy) is 1. The van der Waals surface area contributed by atoms with E-state index in [9.17, 15) is 4.79 Å². The number of rotatable bonds is 7. The highest BCUT2D eigenvalue weighted by Crippen LogP contribution is 2.27. The highest BCUT2D eigenvalue weighted by Gasteiger charge is 2.23. The molecule has 2 aromatic carbocycles. The lowest BCUT2D eigenvalue weighted by Crippen LogP contribution is -2.39. The normalized spacial score (nSPS) is 12.9. The second-order valence-corrected chi connectivity index (χ2v) is 5.96. The molecule has 2 aromatic rings. The van der Waals surface area contributed by atoms with E-state index in [0.29, 0.717) is 13.2 Å². The molecular formula is C20H24N2O2. The molecule has 0 saturated heterocycles. The number of hydrogen-bond donors (Lipinski definition) is 1. The van der Waals surface area contributed by atoms with Gasteiger partial charge in [0.05, 0.1) is 6.61 Å². The lowest BCUT2D eigenvalue weighted by atomic mass is 10.2. The van der Waals surface area contributed by atoms with E-state index >= 15 is 0 Å². The highest BCUT2D eigenvalue weighted by molar-refractivity contribution is 5.94. The van der Waals surface area contributed by atoms with Crippen molar-refractivity contribution in [3.05, 3.63) is 65.7 Å². The second kappa shape index (κ2) is 8.50. The summed E-state index contributed by atoms with van der Waals surface area (Å²) in [5.41, 5.74) is 3.57. The van der Waals surface area contributed by atoms with Crippen LogP contribution >= 0.6 is 0 Å². The Morgan fingerprint density at radius 2 is 1.83 bits per heavy atom. The number of nitrogens with zero attached hydrogens (tertiary/aromatic N) is 1. The molecule has 0 radical (unpaired) electrons. The molecule has 126 valence electrons. The summed E-state index contributed by atoms with van der Waals surface area (Å²) in [6, 6.07) is 18.4. The first-order valence-electron chi connectivity index (χ1n) is 8.59. The SMILES string of the molecule is O=C(NCCCOCCc1ccccc1)N1CCc2ccccc21. The Labute approximate surface area is 143 Å². The molecule has 0 spiro atoms. The molecule has 1 heterocycles. The molecule has 3 rings (SSSR count). The molecule has 0 unspecified atom stereocenters. The van der Waals surface area contributed by atoms with Gasteiger partial charge >= 0.3 is 6.03 Å². The van der Waals surface area contributed by atoms with E-state index in [-0.39, 0.29) is 6.03 Å². The van der Waals surface area contributed by atoms with Gasteiger partial charge < -0.3 is 10.1 Å². The Morgan fingerprint density at radius 1 is 1.04 bits per heavy atom. The first-order valence-corrected chi connectivity index (χ1v) is 8.59. The predicted molar refractivity (Wildman–Crippen MR) is 96.5 cm³/mol. The maximum Gasteiger partial charge on any atom is 0.321 e. The van der Waals surface area contributed by atoms with Gasteiger partial charge in [-0.15, -0.1) is 0 Å². The summed E-state index contributed by atoms with van der Waals surface area (Å²) in [5.74, 6) is 0. The Balaban J connectivity index is 1.29. The van der Waals surface area contributed by atoms with Crippen molar-refractivity contribution in [2.24, 2.45) is 0 Å². The summed E-state index contributed by atoms with van der Waals surface area (Å²) < 4.78 is 5.64. The third-order valence-electron chi connectivity index (χ3n) is 4.25. The molecule has 0 aromatic heterocycles. The van der Waals surface area contributed by atoms with Crippen molar-refractivity contribution in [1.29, 1.82) is 0 Å². The molecule has 1 N–H and O–H groups in total. The number of carbonyl (C=O) groups excluding carboxylic acids is 1. The number of fused-ring (bicyclic) bond motifs is 1. The first-order chi connectivity index (χ1) is 11.8. The number of hydrogen-bond acceptors (Lipinski definition) is 2. The van der Waals surface area contributed by atoms with Gasteiger partial charge in [0.2, 0.25) is 0 Å². The van der Waals surface area contributed by atoms with Crippen molar-refractivity contribution in [3.8, 4) is 0 Å². The molecule has 1 aliphatic rings. The summed E-state index contributed by atoms with van der Waals surface area (Å²) in [6.45, 7) is 2.79. The molecular weight excluding hydrogens is 300 g/mol. The number of urea groups is 1. The summed E-state index contributed by atoms with van der Waals surface area (Å²) in [6.07, 6.45) is 2.69. The van der Waals surface area contributed by atoms with Crippen LogP contribution in [0.5, 0.6) is 0 Å². The van der Waals surface area contributed by atoms with E-state index in [4.69, 9.17) is 4.74 Å². The third kappa shape index (κ3) is 4.36. The zero-order valence-electron chi connectivity index (χ0n) is 13.9. The second-order valence-electron chi connectivity index (χ2n) is 5.96. The highest BCUT2D eigenvalue weighted by atomic mass is 16.5. The number of para-hydroxylation sites is 1. The molecule has 0 saturated carbocycles. The Kier molecular flexibility index (Phi) is 5.85. The minimum atomic E-state index is -0.00997. The van der Waals surface area contributed by atoms with E-state index in [1.807, 2.05) is 41.3 Å². The van der Waals surface area contributed by atoms with Crippen molar-refractivity contribution >= 4 is 11.7 Å². The lowest BCUT2D eigenvalue weighted by Gasteiger charge is -2.18. The molecule has 4 heteroatoms. The van der Waals surface area contributed by atoms with Gasteiger partial charge in [-0.05, 0) is 36.5 Å². The van der Waals surface area contributed by atoms with Gasteiger partial charge in [-0.25, -0.2) is 4.79 Å². The maximum absolute atomic E-state index is 12.3. The monoisotopic (exact) mass is 324 g/mol. The minimum absolute atomic E-state index is 0.00997. The summed E-state index contributed by atoms with van der Waals surface area (Å²) in [7, 11) is 0. The number of carbonyl (C=O) groups is 1. The number of amides is 2. The number of anilines is 1. The van der Waals surface area contributed by atoms with Gasteiger partial charge in [-0.1, -0.05) is 48.5 Å². The molecule has 2 amide bonds. The van der Waals surface area contributed by atoms with Gasteiger partial charge in [0, 0.05) is 25.4 Å². The van der Waals surface area contributed by atoms with Crippen molar-refractivity contribution < 1.29 is 9.53 Å². The summed E-state index contributed by atoms with van der Waals surface area (Å²) >= 11 is 0. The molecule has 0 bridgehead atoms.